The van der Waals surface area contributed by atoms with Crippen LogP contribution < -0.4 is 4.72 Å². The number of carbonyl (C=O) groups excluding carboxylic acids is 2. The Morgan fingerprint density at radius 1 is 1.18 bits per heavy atom. The third-order valence-electron chi connectivity index (χ3n) is 6.70. The molecule has 210 valence electrons. The number of nitrogens with one attached hydrogen (secondary N) is 2. The van der Waals surface area contributed by atoms with E-state index in [9.17, 15) is 26.4 Å². The third-order valence-corrected chi connectivity index (χ3v) is 11.2. The summed E-state index contributed by atoms with van der Waals surface area (Å²) in [4.78, 5) is 36.9. The van der Waals surface area contributed by atoms with Gasteiger partial charge in [0.2, 0.25) is 15.9 Å². The van der Waals surface area contributed by atoms with Crippen LogP contribution in [0.15, 0.2) is 29.3 Å². The molecule has 1 unspecified atom stereocenters. The van der Waals surface area contributed by atoms with E-state index in [1.165, 1.54) is 22.3 Å². The van der Waals surface area contributed by atoms with Crippen molar-refractivity contribution in [3.63, 3.8) is 0 Å². The van der Waals surface area contributed by atoms with Crippen molar-refractivity contribution < 1.29 is 26.4 Å². The number of H-pyrrole nitrogens is 1. The number of nitrogens with zero attached hydrogens (tertiary/aromatic N) is 4. The number of benzene rings is 1. The number of piperazine rings is 1. The fourth-order valence-electron chi connectivity index (χ4n) is 4.86. The van der Waals surface area contributed by atoms with Gasteiger partial charge in [-0.05, 0) is 31.3 Å². The molecule has 0 bridgehead atoms. The first kappa shape index (κ1) is 28.0. The summed E-state index contributed by atoms with van der Waals surface area (Å²) >= 11 is 7.31. The van der Waals surface area contributed by atoms with Gasteiger partial charge in [0.1, 0.15) is 5.03 Å². The van der Waals surface area contributed by atoms with Gasteiger partial charge in [0.05, 0.1) is 17.5 Å². The van der Waals surface area contributed by atoms with Crippen LogP contribution in [0.25, 0.3) is 10.9 Å². The number of amides is 2. The molecule has 3 aromatic rings. The van der Waals surface area contributed by atoms with Crippen molar-refractivity contribution in [2.24, 2.45) is 0 Å². The number of carbonyl (C=O) groups is 2. The molecule has 2 aromatic heterocycles. The van der Waals surface area contributed by atoms with E-state index in [1.54, 1.807) is 18.2 Å². The SMILES string of the molecule is CC(=O)NS(=O)(=O)CC1CN(S(=O)(=O)c2cc3cc(Cl)ccc3[nH]2)CCN1C(=O)c1nc2c(s1)CN(C)CC2. The van der Waals surface area contributed by atoms with Gasteiger partial charge in [-0.1, -0.05) is 11.6 Å². The van der Waals surface area contributed by atoms with Crippen molar-refractivity contribution in [1.29, 1.82) is 0 Å². The summed E-state index contributed by atoms with van der Waals surface area (Å²) in [7, 11) is -6.25. The van der Waals surface area contributed by atoms with Gasteiger partial charge >= 0.3 is 0 Å². The number of hydrogen-bond acceptors (Lipinski definition) is 9. The number of fused-ring (bicyclic) bond motifs is 2. The molecule has 1 fully saturated rings. The van der Waals surface area contributed by atoms with Crippen LogP contribution in [0.2, 0.25) is 5.02 Å². The van der Waals surface area contributed by atoms with Gasteiger partial charge < -0.3 is 14.8 Å². The Bertz CT molecular complexity index is 1670. The number of likely N-dealkylation sites (N-methyl/N-ethyl adjacent to an activating group) is 1. The number of thiazole rings is 1. The Morgan fingerprint density at radius 3 is 2.69 bits per heavy atom. The molecule has 2 amide bonds. The summed E-state index contributed by atoms with van der Waals surface area (Å²) < 4.78 is 55.6. The average molecular weight is 615 g/mol. The molecule has 1 atom stereocenters. The summed E-state index contributed by atoms with van der Waals surface area (Å²) in [5.74, 6) is -1.89. The summed E-state index contributed by atoms with van der Waals surface area (Å²) in [5, 5.41) is 1.23. The molecule has 5 rings (SSSR count). The van der Waals surface area contributed by atoms with E-state index in [0.717, 1.165) is 28.3 Å². The Balaban J connectivity index is 1.44. The van der Waals surface area contributed by atoms with E-state index in [-0.39, 0.29) is 29.7 Å². The number of halogens is 1. The molecular weight excluding hydrogens is 588 g/mol. The Morgan fingerprint density at radius 2 is 1.95 bits per heavy atom. The van der Waals surface area contributed by atoms with Crippen LogP contribution >= 0.6 is 22.9 Å². The normalized spacial score (nSPS) is 19.3. The van der Waals surface area contributed by atoms with Crippen LogP contribution in [0.1, 0.15) is 27.3 Å². The molecule has 2 aliphatic rings. The molecule has 0 aliphatic carbocycles. The Hall–Kier alpha value is -2.56. The average Bonchev–Trinajstić information content (AvgIpc) is 3.46. The maximum Gasteiger partial charge on any atom is 0.283 e. The van der Waals surface area contributed by atoms with Crippen molar-refractivity contribution in [2.75, 3.05) is 39.0 Å². The highest BCUT2D eigenvalue weighted by Gasteiger charge is 2.40. The Labute approximate surface area is 235 Å². The standard InChI is InChI=1S/C23H27ClN6O6S3/c1-14(31)27-38(33,34)13-17-11-29(39(35,36)21-10-15-9-16(24)3-4-18(15)25-21)7-8-30(17)23(32)22-26-19-5-6-28(2)12-20(19)37-22/h3-4,9-10,17,25H,5-8,11-13H2,1-2H3,(H,27,31). The minimum atomic E-state index is -4.16. The van der Waals surface area contributed by atoms with Crippen LogP contribution in [0.3, 0.4) is 0 Å². The highest BCUT2D eigenvalue weighted by molar-refractivity contribution is 7.90. The molecule has 0 saturated carbocycles. The lowest BCUT2D eigenvalue weighted by Gasteiger charge is -2.40. The lowest BCUT2D eigenvalue weighted by molar-refractivity contribution is -0.117. The molecule has 0 spiro atoms. The van der Waals surface area contributed by atoms with Gasteiger partial charge in [0.15, 0.2) is 5.01 Å². The van der Waals surface area contributed by atoms with E-state index >= 15 is 0 Å². The van der Waals surface area contributed by atoms with Gasteiger partial charge in [-0.15, -0.1) is 11.3 Å². The molecule has 12 nitrogen and oxygen atoms in total. The number of aromatic nitrogens is 2. The molecular formula is C23H27ClN6O6S3. The lowest BCUT2D eigenvalue weighted by Crippen LogP contribution is -2.59. The molecule has 2 aliphatic heterocycles. The van der Waals surface area contributed by atoms with E-state index in [2.05, 4.69) is 14.9 Å². The highest BCUT2D eigenvalue weighted by Crippen LogP contribution is 2.29. The zero-order valence-electron chi connectivity index (χ0n) is 21.2. The maximum atomic E-state index is 13.6. The van der Waals surface area contributed by atoms with E-state index in [4.69, 9.17) is 11.6 Å². The van der Waals surface area contributed by atoms with E-state index < -0.39 is 43.7 Å². The third kappa shape index (κ3) is 5.83. The van der Waals surface area contributed by atoms with Crippen LogP contribution in [0.4, 0.5) is 0 Å². The molecule has 4 heterocycles. The number of aromatic amines is 1. The van der Waals surface area contributed by atoms with Crippen LogP contribution in [-0.2, 0) is 37.8 Å². The molecule has 1 aromatic carbocycles. The van der Waals surface area contributed by atoms with E-state index in [0.29, 0.717) is 28.9 Å². The Kier molecular flexibility index (Phi) is 7.50. The van der Waals surface area contributed by atoms with Gasteiger partial charge in [0, 0.05) is 66.9 Å². The van der Waals surface area contributed by atoms with Crippen LogP contribution in [-0.4, -0.2) is 97.7 Å². The predicted octanol–water partition coefficient (Wildman–Crippen LogP) is 1.25. The topological polar surface area (TPSA) is 153 Å². The molecule has 2 N–H and O–H groups in total. The van der Waals surface area contributed by atoms with Crippen molar-refractivity contribution in [3.05, 3.63) is 44.9 Å². The van der Waals surface area contributed by atoms with Crippen molar-refractivity contribution >= 4 is 65.7 Å². The fourth-order valence-corrected chi connectivity index (χ4v) is 8.98. The molecule has 39 heavy (non-hydrogen) atoms. The summed E-state index contributed by atoms with van der Waals surface area (Å²) in [6.07, 6.45) is 0.706. The monoisotopic (exact) mass is 614 g/mol. The number of hydrogen-bond donors (Lipinski definition) is 2. The number of sulfonamides is 2. The van der Waals surface area contributed by atoms with E-state index in [1.807, 2.05) is 11.8 Å². The first-order chi connectivity index (χ1) is 18.3. The van der Waals surface area contributed by atoms with Gasteiger partial charge in [-0.25, -0.2) is 21.8 Å². The van der Waals surface area contributed by atoms with Crippen LogP contribution in [0.5, 0.6) is 0 Å². The smallest absolute Gasteiger partial charge is 0.283 e. The summed E-state index contributed by atoms with van der Waals surface area (Å²) in [6, 6.07) is 5.35. The zero-order valence-corrected chi connectivity index (χ0v) is 24.4. The summed E-state index contributed by atoms with van der Waals surface area (Å²) in [6.45, 7) is 2.18. The number of rotatable bonds is 6. The van der Waals surface area contributed by atoms with Gasteiger partial charge in [0.25, 0.3) is 15.9 Å². The minimum Gasteiger partial charge on any atom is -0.345 e. The lowest BCUT2D eigenvalue weighted by atomic mass is 10.2. The second-order valence-electron chi connectivity index (χ2n) is 9.70. The first-order valence-corrected chi connectivity index (χ1v) is 16.4. The van der Waals surface area contributed by atoms with Crippen molar-refractivity contribution in [2.45, 2.75) is 31.0 Å². The quantitative estimate of drug-likeness (QED) is 0.421. The molecule has 16 heteroatoms. The second kappa shape index (κ2) is 10.4. The van der Waals surface area contributed by atoms with Crippen LogP contribution in [0, 0.1) is 0 Å². The molecule has 1 saturated heterocycles. The van der Waals surface area contributed by atoms with Crippen molar-refractivity contribution in [1.82, 2.24) is 28.8 Å². The predicted molar refractivity (Wildman–Crippen MR) is 147 cm³/mol. The zero-order chi connectivity index (χ0) is 28.1. The minimum absolute atomic E-state index is 0.0469. The fraction of sp³-hybridized carbons (Fsp3) is 0.435. The highest BCUT2D eigenvalue weighted by atomic mass is 35.5. The van der Waals surface area contributed by atoms with Gasteiger partial charge in [-0.3, -0.25) is 14.3 Å². The van der Waals surface area contributed by atoms with Crippen molar-refractivity contribution in [3.8, 4) is 0 Å². The largest absolute Gasteiger partial charge is 0.345 e. The molecule has 0 radical (unpaired) electrons. The second-order valence-corrected chi connectivity index (χ2v) is 14.9. The van der Waals surface area contributed by atoms with Gasteiger partial charge in [-0.2, -0.15) is 4.31 Å². The first-order valence-electron chi connectivity index (χ1n) is 12.1. The maximum absolute atomic E-state index is 13.6. The summed E-state index contributed by atoms with van der Waals surface area (Å²) in [5.41, 5.74) is 1.43.